The van der Waals surface area contributed by atoms with Gasteiger partial charge >= 0.3 is 5.97 Å². The Morgan fingerprint density at radius 2 is 1.48 bits per heavy atom. The van der Waals surface area contributed by atoms with Gasteiger partial charge in [-0.25, -0.2) is 4.79 Å². The van der Waals surface area contributed by atoms with E-state index in [1.807, 2.05) is 20.8 Å². The van der Waals surface area contributed by atoms with Crippen LogP contribution in [-0.4, -0.2) is 30.4 Å². The summed E-state index contributed by atoms with van der Waals surface area (Å²) in [6, 6.07) is 13.6. The zero-order chi connectivity index (χ0) is 21.4. The van der Waals surface area contributed by atoms with Crippen molar-refractivity contribution in [3.05, 3.63) is 70.8 Å². The summed E-state index contributed by atoms with van der Waals surface area (Å²) in [5.74, 6) is -0.963. The third-order valence-electron chi connectivity index (χ3n) is 4.26. The Balaban J connectivity index is 1.88. The van der Waals surface area contributed by atoms with E-state index < -0.39 is 5.97 Å². The van der Waals surface area contributed by atoms with Crippen LogP contribution < -0.4 is 5.32 Å². The zero-order valence-corrected chi connectivity index (χ0v) is 17.2. The van der Waals surface area contributed by atoms with Crippen LogP contribution in [0.1, 0.15) is 65.6 Å². The molecule has 2 aromatic rings. The molecule has 1 atom stereocenters. The van der Waals surface area contributed by atoms with Crippen LogP contribution in [0.3, 0.4) is 0 Å². The zero-order valence-electron chi connectivity index (χ0n) is 17.2. The number of Topliss-reactive ketones (excluding diaryl/α,β-unsaturated/α-hetero) is 1. The Morgan fingerprint density at radius 1 is 0.897 bits per heavy atom. The molecule has 0 bridgehead atoms. The molecule has 2 aromatic carbocycles. The lowest BCUT2D eigenvalue weighted by Gasteiger charge is -2.13. The van der Waals surface area contributed by atoms with Gasteiger partial charge in [0.25, 0.3) is 0 Å². The fraction of sp³-hybridized carbons (Fsp3) is 0.348. The van der Waals surface area contributed by atoms with Crippen LogP contribution in [0.2, 0.25) is 0 Å². The predicted molar refractivity (Wildman–Crippen MR) is 110 cm³/mol. The van der Waals surface area contributed by atoms with Crippen LogP contribution in [0.25, 0.3) is 0 Å². The van der Waals surface area contributed by atoms with Gasteiger partial charge in [0.05, 0.1) is 24.3 Å². The molecule has 0 spiro atoms. The Morgan fingerprint density at radius 3 is 2.03 bits per heavy atom. The molecule has 0 fully saturated rings. The van der Waals surface area contributed by atoms with Crippen molar-refractivity contribution in [2.24, 2.45) is 0 Å². The molecule has 0 radical (unpaired) electrons. The summed E-state index contributed by atoms with van der Waals surface area (Å²) in [6.07, 6.45) is 0.133. The molecule has 0 aromatic heterocycles. The van der Waals surface area contributed by atoms with Crippen molar-refractivity contribution >= 4 is 17.7 Å². The normalized spacial score (nSPS) is 11.8. The molecular formula is C23H27NO5. The van der Waals surface area contributed by atoms with E-state index in [4.69, 9.17) is 9.47 Å². The SMILES string of the molecule is CC(=O)N[C@H](C)c1ccc(C(=O)COC(=O)c2ccc(COC(C)C)cc2)cc1. The Hall–Kier alpha value is -2.99. The minimum Gasteiger partial charge on any atom is -0.454 e. The number of hydrogen-bond donors (Lipinski definition) is 1. The summed E-state index contributed by atoms with van der Waals surface area (Å²) < 4.78 is 10.7. The maximum Gasteiger partial charge on any atom is 0.338 e. The van der Waals surface area contributed by atoms with Gasteiger partial charge < -0.3 is 14.8 Å². The number of carbonyl (C=O) groups is 3. The van der Waals surface area contributed by atoms with Crippen LogP contribution in [0.15, 0.2) is 48.5 Å². The van der Waals surface area contributed by atoms with E-state index in [1.165, 1.54) is 6.92 Å². The highest BCUT2D eigenvalue weighted by Crippen LogP contribution is 2.14. The Bertz CT molecular complexity index is 841. The molecule has 0 saturated heterocycles. The molecule has 6 heteroatoms. The van der Waals surface area contributed by atoms with Crippen LogP contribution in [-0.2, 0) is 20.9 Å². The maximum absolute atomic E-state index is 12.3. The van der Waals surface area contributed by atoms with E-state index in [0.29, 0.717) is 17.7 Å². The number of ether oxygens (including phenoxy) is 2. The van der Waals surface area contributed by atoms with E-state index in [0.717, 1.165) is 11.1 Å². The number of rotatable bonds is 9. The molecular weight excluding hydrogens is 370 g/mol. The number of hydrogen-bond acceptors (Lipinski definition) is 5. The smallest absolute Gasteiger partial charge is 0.338 e. The lowest BCUT2D eigenvalue weighted by Crippen LogP contribution is -2.23. The number of carbonyl (C=O) groups excluding carboxylic acids is 3. The second-order valence-corrected chi connectivity index (χ2v) is 7.10. The van der Waals surface area contributed by atoms with Gasteiger partial charge in [0.15, 0.2) is 12.4 Å². The van der Waals surface area contributed by atoms with Gasteiger partial charge in [0, 0.05) is 12.5 Å². The summed E-state index contributed by atoms with van der Waals surface area (Å²) in [4.78, 5) is 35.6. The predicted octanol–water partition coefficient (Wildman–Crippen LogP) is 3.85. The lowest BCUT2D eigenvalue weighted by atomic mass is 10.0. The largest absolute Gasteiger partial charge is 0.454 e. The van der Waals surface area contributed by atoms with Gasteiger partial charge in [0.2, 0.25) is 5.91 Å². The molecule has 0 saturated carbocycles. The fourth-order valence-corrected chi connectivity index (χ4v) is 2.64. The lowest BCUT2D eigenvalue weighted by molar-refractivity contribution is -0.119. The number of nitrogens with one attached hydrogen (secondary N) is 1. The first-order chi connectivity index (χ1) is 13.8. The van der Waals surface area contributed by atoms with Crippen LogP contribution in [0.4, 0.5) is 0 Å². The Labute approximate surface area is 171 Å². The first-order valence-electron chi connectivity index (χ1n) is 9.54. The molecule has 1 amide bonds. The summed E-state index contributed by atoms with van der Waals surface area (Å²) >= 11 is 0. The van der Waals surface area contributed by atoms with Gasteiger partial charge in [-0.1, -0.05) is 36.4 Å². The average molecular weight is 397 g/mol. The third-order valence-corrected chi connectivity index (χ3v) is 4.26. The summed E-state index contributed by atoms with van der Waals surface area (Å²) in [5, 5.41) is 2.78. The third kappa shape index (κ3) is 7.16. The van der Waals surface area contributed by atoms with Crippen molar-refractivity contribution in [2.75, 3.05) is 6.61 Å². The van der Waals surface area contributed by atoms with Crippen molar-refractivity contribution in [3.63, 3.8) is 0 Å². The van der Waals surface area contributed by atoms with E-state index >= 15 is 0 Å². The molecule has 0 aliphatic carbocycles. The number of benzene rings is 2. The van der Waals surface area contributed by atoms with Gasteiger partial charge in [-0.15, -0.1) is 0 Å². The summed E-state index contributed by atoms with van der Waals surface area (Å²) in [5.41, 5.74) is 2.67. The molecule has 0 heterocycles. The molecule has 0 aliphatic heterocycles. The average Bonchev–Trinajstić information content (AvgIpc) is 2.70. The van der Waals surface area contributed by atoms with Gasteiger partial charge in [-0.05, 0) is 44.0 Å². The summed E-state index contributed by atoms with van der Waals surface area (Å²) in [7, 11) is 0. The van der Waals surface area contributed by atoms with Crippen molar-refractivity contribution in [1.29, 1.82) is 0 Å². The quantitative estimate of drug-likeness (QED) is 0.513. The van der Waals surface area contributed by atoms with Crippen LogP contribution in [0.5, 0.6) is 0 Å². The van der Waals surface area contributed by atoms with Crippen molar-refractivity contribution < 1.29 is 23.9 Å². The second-order valence-electron chi connectivity index (χ2n) is 7.10. The van der Waals surface area contributed by atoms with Gasteiger partial charge in [-0.2, -0.15) is 0 Å². The van der Waals surface area contributed by atoms with Crippen molar-refractivity contribution in [1.82, 2.24) is 5.32 Å². The van der Waals surface area contributed by atoms with E-state index in [1.54, 1.807) is 48.5 Å². The molecule has 6 nitrogen and oxygen atoms in total. The van der Waals surface area contributed by atoms with Gasteiger partial charge in [0.1, 0.15) is 0 Å². The molecule has 2 rings (SSSR count). The van der Waals surface area contributed by atoms with Crippen molar-refractivity contribution in [2.45, 2.75) is 46.4 Å². The van der Waals surface area contributed by atoms with Crippen LogP contribution in [0, 0.1) is 0 Å². The first-order valence-corrected chi connectivity index (χ1v) is 9.54. The molecule has 154 valence electrons. The maximum atomic E-state index is 12.3. The van der Waals surface area contributed by atoms with E-state index in [2.05, 4.69) is 5.32 Å². The molecule has 0 aliphatic rings. The number of esters is 1. The second kappa shape index (κ2) is 10.5. The number of amides is 1. The first kappa shape index (κ1) is 22.3. The monoisotopic (exact) mass is 397 g/mol. The highest BCUT2D eigenvalue weighted by molar-refractivity contribution is 5.99. The highest BCUT2D eigenvalue weighted by atomic mass is 16.5. The minimum atomic E-state index is -0.550. The molecule has 29 heavy (non-hydrogen) atoms. The van der Waals surface area contributed by atoms with Crippen LogP contribution >= 0.6 is 0 Å². The van der Waals surface area contributed by atoms with E-state index in [-0.39, 0.29) is 30.4 Å². The minimum absolute atomic E-state index is 0.120. The standard InChI is InChI=1S/C23H27NO5/c1-15(2)28-13-18-5-7-21(8-6-18)23(27)29-14-22(26)20-11-9-19(10-12-20)16(3)24-17(4)25/h5-12,15-16H,13-14H2,1-4H3,(H,24,25)/t16-/m1/s1. The highest BCUT2D eigenvalue weighted by Gasteiger charge is 2.13. The fourth-order valence-electron chi connectivity index (χ4n) is 2.64. The van der Waals surface area contributed by atoms with Crippen molar-refractivity contribution in [3.8, 4) is 0 Å². The topological polar surface area (TPSA) is 81.7 Å². The summed E-state index contributed by atoms with van der Waals surface area (Å²) in [6.45, 7) is 7.37. The number of ketones is 1. The molecule has 0 unspecified atom stereocenters. The molecule has 1 N–H and O–H groups in total. The Kier molecular flexibility index (Phi) is 8.09. The van der Waals surface area contributed by atoms with E-state index in [9.17, 15) is 14.4 Å². The van der Waals surface area contributed by atoms with Gasteiger partial charge in [-0.3, -0.25) is 9.59 Å².